The van der Waals surface area contributed by atoms with Gasteiger partial charge in [0.25, 0.3) is 0 Å². The van der Waals surface area contributed by atoms with Gasteiger partial charge in [-0.25, -0.2) is 9.79 Å². The van der Waals surface area contributed by atoms with Crippen molar-refractivity contribution in [1.82, 2.24) is 19.4 Å². The number of likely N-dealkylation sites (N-methyl/N-ethyl adjacent to an activating group) is 1. The van der Waals surface area contributed by atoms with Crippen LogP contribution in [0.3, 0.4) is 0 Å². The molecule has 0 bridgehead atoms. The van der Waals surface area contributed by atoms with Crippen LogP contribution in [0.5, 0.6) is 5.88 Å². The van der Waals surface area contributed by atoms with Crippen molar-refractivity contribution in [1.29, 1.82) is 0 Å². The maximum atomic E-state index is 11.5. The number of hydrogen-bond acceptors (Lipinski definition) is 5. The number of nitrogens with zero attached hydrogens (tertiary/aromatic N) is 4. The Morgan fingerprint density at radius 1 is 0.902 bits per heavy atom. The Labute approximate surface area is 238 Å². The third-order valence-corrected chi connectivity index (χ3v) is 7.80. The smallest absolute Gasteiger partial charge is 0.335 e. The summed E-state index contributed by atoms with van der Waals surface area (Å²) in [5.74, 6) is -1.08. The summed E-state index contributed by atoms with van der Waals surface area (Å²) in [5.41, 5.74) is 6.91. The predicted molar refractivity (Wildman–Crippen MR) is 162 cm³/mol. The molecule has 0 saturated carbocycles. The van der Waals surface area contributed by atoms with Gasteiger partial charge in [-0.2, -0.15) is 0 Å². The van der Waals surface area contributed by atoms with Gasteiger partial charge < -0.3 is 24.7 Å². The number of piperazine rings is 1. The summed E-state index contributed by atoms with van der Waals surface area (Å²) >= 11 is 0. The Balaban J connectivity index is 1.36. The first kappa shape index (κ1) is 26.6. The van der Waals surface area contributed by atoms with Gasteiger partial charge in [-0.05, 0) is 62.5 Å². The van der Waals surface area contributed by atoms with Crippen LogP contribution < -0.4 is 0 Å². The molecule has 8 heteroatoms. The Hall–Kier alpha value is -4.66. The van der Waals surface area contributed by atoms with Crippen molar-refractivity contribution in [2.75, 3.05) is 33.2 Å². The largest absolute Gasteiger partial charge is 0.494 e. The molecule has 0 atom stereocenters. The molecule has 0 unspecified atom stereocenters. The monoisotopic (exact) mass is 547 g/mol. The summed E-state index contributed by atoms with van der Waals surface area (Å²) in [6, 6.07) is 27.0. The van der Waals surface area contributed by atoms with Crippen molar-refractivity contribution in [3.63, 3.8) is 0 Å². The molecule has 3 heterocycles. The fraction of sp³-hybridized carbons (Fsp3) is 0.212. The summed E-state index contributed by atoms with van der Waals surface area (Å²) in [7, 11) is 2.17. The van der Waals surface area contributed by atoms with E-state index in [2.05, 4.69) is 57.6 Å². The van der Waals surface area contributed by atoms with Crippen LogP contribution in [0.4, 0.5) is 5.69 Å². The zero-order valence-corrected chi connectivity index (χ0v) is 23.2. The molecular formula is C33H33N5O3. The molecule has 3 aromatic carbocycles. The highest BCUT2D eigenvalue weighted by atomic mass is 16.4. The number of aromatic carboxylic acids is 1. The van der Waals surface area contributed by atoms with Gasteiger partial charge in [0.05, 0.1) is 22.5 Å². The van der Waals surface area contributed by atoms with Gasteiger partial charge in [-0.15, -0.1) is 0 Å². The van der Waals surface area contributed by atoms with Crippen molar-refractivity contribution < 1.29 is 15.0 Å². The summed E-state index contributed by atoms with van der Waals surface area (Å²) in [6.45, 7) is 7.33. The Morgan fingerprint density at radius 3 is 2.34 bits per heavy atom. The van der Waals surface area contributed by atoms with Gasteiger partial charge in [0, 0.05) is 66.3 Å². The van der Waals surface area contributed by atoms with Crippen LogP contribution in [0.2, 0.25) is 0 Å². The van der Waals surface area contributed by atoms with E-state index in [-0.39, 0.29) is 11.4 Å². The summed E-state index contributed by atoms with van der Waals surface area (Å²) in [5, 5.41) is 21.1. The Bertz CT molecular complexity index is 1730. The summed E-state index contributed by atoms with van der Waals surface area (Å²) in [6.07, 6.45) is 0. The molecule has 0 aliphatic carbocycles. The van der Waals surface area contributed by atoms with Gasteiger partial charge in [0.15, 0.2) is 5.88 Å². The summed E-state index contributed by atoms with van der Waals surface area (Å²) in [4.78, 5) is 24.3. The van der Waals surface area contributed by atoms with Crippen LogP contribution in [0.25, 0.3) is 16.6 Å². The molecule has 41 heavy (non-hydrogen) atoms. The van der Waals surface area contributed by atoms with E-state index in [0.717, 1.165) is 49.7 Å². The molecule has 8 nitrogen and oxygen atoms in total. The third-order valence-electron chi connectivity index (χ3n) is 7.80. The minimum absolute atomic E-state index is 0.0572. The maximum Gasteiger partial charge on any atom is 0.335 e. The Morgan fingerprint density at radius 2 is 1.63 bits per heavy atom. The average molecular weight is 548 g/mol. The lowest BCUT2D eigenvalue weighted by atomic mass is 10.00. The second-order valence-corrected chi connectivity index (χ2v) is 10.6. The minimum Gasteiger partial charge on any atom is -0.494 e. The minimum atomic E-state index is -1.02. The number of fused-ring (bicyclic) bond motifs is 1. The molecule has 1 fully saturated rings. The van der Waals surface area contributed by atoms with Crippen molar-refractivity contribution in [3.05, 3.63) is 113 Å². The first-order valence-electron chi connectivity index (χ1n) is 13.8. The van der Waals surface area contributed by atoms with E-state index in [0.29, 0.717) is 22.2 Å². The molecular weight excluding hydrogens is 514 g/mol. The van der Waals surface area contributed by atoms with E-state index in [9.17, 15) is 15.0 Å². The Kier molecular flexibility index (Phi) is 7.17. The molecule has 0 radical (unpaired) electrons. The number of carboxylic acids is 1. The zero-order valence-electron chi connectivity index (χ0n) is 23.2. The highest BCUT2D eigenvalue weighted by molar-refractivity contribution is 6.22. The maximum absolute atomic E-state index is 11.5. The third kappa shape index (κ3) is 5.39. The quantitative estimate of drug-likeness (QED) is 0.231. The number of nitrogens with one attached hydrogen (secondary N) is 1. The first-order chi connectivity index (χ1) is 19.9. The summed E-state index contributed by atoms with van der Waals surface area (Å²) < 4.78 is 2.30. The fourth-order valence-corrected chi connectivity index (χ4v) is 5.54. The molecule has 0 amide bonds. The number of aromatic hydroxyl groups is 1. The lowest BCUT2D eigenvalue weighted by molar-refractivity contribution is 0.0697. The van der Waals surface area contributed by atoms with Crippen LogP contribution in [0.15, 0.2) is 89.9 Å². The number of H-pyrrole nitrogens is 1. The van der Waals surface area contributed by atoms with Gasteiger partial charge in [0.1, 0.15) is 0 Å². The normalized spacial score (nSPS) is 15.0. The van der Waals surface area contributed by atoms with Crippen LogP contribution in [-0.2, 0) is 6.54 Å². The number of aryl methyl sites for hydroxylation is 1. The SMILES string of the molecule is Cc1ccc(CN2CCN(C)CC2)n1-c1ccc(N=C(c2ccccc2)c2c(O)[nH]c3cc(C(=O)O)ccc23)cc1. The number of aromatic nitrogens is 2. The van der Waals surface area contributed by atoms with Crippen LogP contribution in [0.1, 0.15) is 32.9 Å². The average Bonchev–Trinajstić information content (AvgIpc) is 3.51. The van der Waals surface area contributed by atoms with Gasteiger partial charge in [-0.1, -0.05) is 36.4 Å². The van der Waals surface area contributed by atoms with E-state index < -0.39 is 5.97 Å². The highest BCUT2D eigenvalue weighted by Gasteiger charge is 2.20. The van der Waals surface area contributed by atoms with Gasteiger partial charge >= 0.3 is 5.97 Å². The van der Waals surface area contributed by atoms with E-state index in [1.807, 2.05) is 42.5 Å². The second kappa shape index (κ2) is 11.1. The molecule has 1 aliphatic heterocycles. The molecule has 3 N–H and O–H groups in total. The second-order valence-electron chi connectivity index (χ2n) is 10.6. The number of aromatic amines is 1. The molecule has 1 saturated heterocycles. The van der Waals surface area contributed by atoms with E-state index >= 15 is 0 Å². The molecule has 1 aliphatic rings. The number of aliphatic imine (C=N–C) groups is 1. The fourth-order valence-electron chi connectivity index (χ4n) is 5.54. The first-order valence-corrected chi connectivity index (χ1v) is 13.8. The topological polar surface area (TPSA) is 97.1 Å². The number of rotatable bonds is 7. The zero-order chi connectivity index (χ0) is 28.5. The van der Waals surface area contributed by atoms with Crippen molar-refractivity contribution in [3.8, 4) is 11.6 Å². The van der Waals surface area contributed by atoms with Crippen molar-refractivity contribution in [2.24, 2.45) is 4.99 Å². The van der Waals surface area contributed by atoms with E-state index in [4.69, 9.17) is 4.99 Å². The van der Waals surface area contributed by atoms with E-state index in [1.54, 1.807) is 6.07 Å². The van der Waals surface area contributed by atoms with Crippen molar-refractivity contribution in [2.45, 2.75) is 13.5 Å². The molecule has 0 spiro atoms. The van der Waals surface area contributed by atoms with E-state index in [1.165, 1.54) is 23.5 Å². The molecule has 2 aromatic heterocycles. The standard InChI is InChI=1S/C33H33N5O3/c1-22-8-12-27(21-37-18-16-36(2)17-19-37)38(22)26-13-10-25(11-14-26)34-31(23-6-4-3-5-7-23)30-28-15-9-24(33(40)41)20-29(28)35-32(30)39/h3-15,20,35,39H,16-19,21H2,1-2H3,(H,40,41). The van der Waals surface area contributed by atoms with Crippen LogP contribution in [-0.4, -0.2) is 74.5 Å². The molecule has 208 valence electrons. The lowest BCUT2D eigenvalue weighted by Crippen LogP contribution is -2.44. The number of carboxylic acid groups (broad SMARTS) is 1. The van der Waals surface area contributed by atoms with Crippen LogP contribution >= 0.6 is 0 Å². The lowest BCUT2D eigenvalue weighted by Gasteiger charge is -2.32. The van der Waals surface area contributed by atoms with Gasteiger partial charge in [0.2, 0.25) is 0 Å². The van der Waals surface area contributed by atoms with Crippen molar-refractivity contribution >= 4 is 28.3 Å². The predicted octanol–water partition coefficient (Wildman–Crippen LogP) is 5.59. The van der Waals surface area contributed by atoms with Gasteiger partial charge in [-0.3, -0.25) is 4.90 Å². The highest BCUT2D eigenvalue weighted by Crippen LogP contribution is 2.32. The van der Waals surface area contributed by atoms with Crippen LogP contribution in [0, 0.1) is 6.92 Å². The number of carbonyl (C=O) groups is 1. The number of benzene rings is 3. The number of hydrogen-bond donors (Lipinski definition) is 3. The molecule has 6 rings (SSSR count). The molecule has 5 aromatic rings.